The van der Waals surface area contributed by atoms with Gasteiger partial charge in [0, 0.05) is 24.7 Å². The average molecular weight is 418 g/mol. The minimum Gasteiger partial charge on any atom is -0.495 e. The summed E-state index contributed by atoms with van der Waals surface area (Å²) in [5.41, 5.74) is 0.491. The minimum atomic E-state index is -3.64. The largest absolute Gasteiger partial charge is 0.495 e. The molecule has 1 aromatic carbocycles. The fourth-order valence-corrected chi connectivity index (χ4v) is 5.23. The quantitative estimate of drug-likeness (QED) is 0.767. The van der Waals surface area contributed by atoms with Crippen LogP contribution in [0.1, 0.15) is 32.1 Å². The van der Waals surface area contributed by atoms with Gasteiger partial charge in [0.05, 0.1) is 7.11 Å². The van der Waals surface area contributed by atoms with Crippen molar-refractivity contribution in [2.24, 2.45) is 5.92 Å². The van der Waals surface area contributed by atoms with Crippen LogP contribution in [0.3, 0.4) is 0 Å². The maximum Gasteiger partial charge on any atom is 0.246 e. The maximum atomic E-state index is 13.0. The summed E-state index contributed by atoms with van der Waals surface area (Å²) in [4.78, 5) is 12.6. The number of carbonyl (C=O) groups excluding carboxylic acids is 1. The Morgan fingerprint density at radius 1 is 1.19 bits per heavy atom. The predicted molar refractivity (Wildman–Crippen MR) is 107 cm³/mol. The number of nitrogens with zero attached hydrogens (tertiary/aromatic N) is 1. The molecule has 0 radical (unpaired) electrons. The lowest BCUT2D eigenvalue weighted by Crippen LogP contribution is -2.36. The lowest BCUT2D eigenvalue weighted by atomic mass is 9.97. The highest BCUT2D eigenvalue weighted by atomic mass is 35.5. The van der Waals surface area contributed by atoms with E-state index in [1.165, 1.54) is 17.5 Å². The molecule has 0 aromatic heterocycles. The summed E-state index contributed by atoms with van der Waals surface area (Å²) in [7, 11) is -2.18. The third-order valence-electron chi connectivity index (χ3n) is 5.07. The van der Waals surface area contributed by atoms with Gasteiger partial charge in [-0.2, -0.15) is 4.31 Å². The number of nitrogens with one attached hydrogen (secondary N) is 2. The summed E-state index contributed by atoms with van der Waals surface area (Å²) in [6.07, 6.45) is 4.37. The standard InChI is InChI=1S/C18H27N3O4S.ClH/c1-25-16-6-5-15(20-18(22)14-7-9-19-10-8-14)13-17(16)26(23,24)21-11-3-2-4-12-21;/h5-6,13-14,19H,2-4,7-12H2,1H3,(H,20,22);1H. The molecule has 2 fully saturated rings. The first kappa shape index (κ1) is 21.9. The topological polar surface area (TPSA) is 87.7 Å². The van der Waals surface area contributed by atoms with E-state index in [-0.39, 0.29) is 29.1 Å². The molecule has 0 unspecified atom stereocenters. The average Bonchev–Trinajstić information content (AvgIpc) is 2.69. The first-order valence-electron chi connectivity index (χ1n) is 9.22. The molecule has 27 heavy (non-hydrogen) atoms. The molecule has 1 aromatic rings. The molecule has 9 heteroatoms. The van der Waals surface area contributed by atoms with E-state index >= 15 is 0 Å². The molecule has 7 nitrogen and oxygen atoms in total. The number of rotatable bonds is 5. The molecule has 2 aliphatic heterocycles. The minimum absolute atomic E-state index is 0. The summed E-state index contributed by atoms with van der Waals surface area (Å²) in [5.74, 6) is 0.203. The Morgan fingerprint density at radius 2 is 1.85 bits per heavy atom. The van der Waals surface area contributed by atoms with Crippen LogP contribution in [0.2, 0.25) is 0 Å². The third-order valence-corrected chi connectivity index (χ3v) is 6.99. The van der Waals surface area contributed by atoms with Gasteiger partial charge in [-0.25, -0.2) is 8.42 Å². The highest BCUT2D eigenvalue weighted by molar-refractivity contribution is 7.89. The van der Waals surface area contributed by atoms with E-state index in [0.717, 1.165) is 45.2 Å². The predicted octanol–water partition coefficient (Wildman–Crippen LogP) is 2.23. The molecule has 0 spiro atoms. The maximum absolute atomic E-state index is 13.0. The van der Waals surface area contributed by atoms with Crippen molar-refractivity contribution < 1.29 is 17.9 Å². The van der Waals surface area contributed by atoms with Crippen LogP contribution in [-0.4, -0.2) is 51.9 Å². The van der Waals surface area contributed by atoms with Crippen LogP contribution in [-0.2, 0) is 14.8 Å². The fourth-order valence-electron chi connectivity index (χ4n) is 3.53. The van der Waals surface area contributed by atoms with Crippen LogP contribution in [0.4, 0.5) is 5.69 Å². The van der Waals surface area contributed by atoms with Crippen molar-refractivity contribution in [3.05, 3.63) is 18.2 Å². The van der Waals surface area contributed by atoms with Crippen molar-refractivity contribution in [1.82, 2.24) is 9.62 Å². The molecule has 2 heterocycles. The van der Waals surface area contributed by atoms with Crippen LogP contribution < -0.4 is 15.4 Å². The van der Waals surface area contributed by atoms with Crippen molar-refractivity contribution >= 4 is 34.0 Å². The van der Waals surface area contributed by atoms with Crippen LogP contribution in [0.15, 0.2) is 23.1 Å². The number of amides is 1. The number of hydrogen-bond donors (Lipinski definition) is 2. The first-order chi connectivity index (χ1) is 12.5. The fraction of sp³-hybridized carbons (Fsp3) is 0.611. The smallest absolute Gasteiger partial charge is 0.246 e. The first-order valence-corrected chi connectivity index (χ1v) is 10.7. The molecule has 0 bridgehead atoms. The second-order valence-corrected chi connectivity index (χ2v) is 8.75. The Labute approximate surface area is 167 Å². The number of carbonyl (C=O) groups is 1. The molecular formula is C18H28ClN3O4S. The van der Waals surface area contributed by atoms with E-state index in [0.29, 0.717) is 24.5 Å². The lowest BCUT2D eigenvalue weighted by Gasteiger charge is -2.27. The zero-order valence-electron chi connectivity index (χ0n) is 15.6. The molecule has 3 rings (SSSR count). The van der Waals surface area contributed by atoms with Gasteiger partial charge in [0.15, 0.2) is 0 Å². The lowest BCUT2D eigenvalue weighted by molar-refractivity contribution is -0.120. The number of piperidine rings is 2. The Morgan fingerprint density at radius 3 is 2.48 bits per heavy atom. The van der Waals surface area contributed by atoms with Gasteiger partial charge in [0.1, 0.15) is 10.6 Å². The molecule has 0 saturated carbocycles. The van der Waals surface area contributed by atoms with Crippen molar-refractivity contribution in [3.63, 3.8) is 0 Å². The van der Waals surface area contributed by atoms with E-state index in [1.54, 1.807) is 12.1 Å². The van der Waals surface area contributed by atoms with E-state index in [9.17, 15) is 13.2 Å². The second kappa shape index (κ2) is 9.73. The highest BCUT2D eigenvalue weighted by Gasteiger charge is 2.29. The monoisotopic (exact) mass is 417 g/mol. The SMILES string of the molecule is COc1ccc(NC(=O)C2CCNCC2)cc1S(=O)(=O)N1CCCCC1.Cl. The van der Waals surface area contributed by atoms with Crippen LogP contribution in [0, 0.1) is 5.92 Å². The number of halogens is 1. The molecule has 2 saturated heterocycles. The number of hydrogen-bond acceptors (Lipinski definition) is 5. The normalized spacial score (nSPS) is 19.1. The van der Waals surface area contributed by atoms with Gasteiger partial charge in [-0.15, -0.1) is 12.4 Å². The van der Waals surface area contributed by atoms with Gasteiger partial charge in [0.2, 0.25) is 15.9 Å². The van der Waals surface area contributed by atoms with Crippen molar-refractivity contribution in [2.75, 3.05) is 38.6 Å². The van der Waals surface area contributed by atoms with Gasteiger partial charge >= 0.3 is 0 Å². The summed E-state index contributed by atoms with van der Waals surface area (Å²) < 4.78 is 32.8. The van der Waals surface area contributed by atoms with Gasteiger partial charge in [0.25, 0.3) is 0 Å². The highest BCUT2D eigenvalue weighted by Crippen LogP contribution is 2.31. The number of methoxy groups -OCH3 is 1. The summed E-state index contributed by atoms with van der Waals surface area (Å²) in [6.45, 7) is 2.71. The van der Waals surface area contributed by atoms with E-state index in [2.05, 4.69) is 10.6 Å². The molecule has 0 atom stereocenters. The molecule has 152 valence electrons. The summed E-state index contributed by atoms with van der Waals surface area (Å²) in [5, 5.41) is 6.11. The summed E-state index contributed by atoms with van der Waals surface area (Å²) >= 11 is 0. The third kappa shape index (κ3) is 5.13. The van der Waals surface area contributed by atoms with Crippen molar-refractivity contribution in [3.8, 4) is 5.75 Å². The van der Waals surface area contributed by atoms with E-state index < -0.39 is 10.0 Å². The number of sulfonamides is 1. The molecule has 2 N–H and O–H groups in total. The zero-order valence-corrected chi connectivity index (χ0v) is 17.2. The van der Waals surface area contributed by atoms with Crippen molar-refractivity contribution in [1.29, 1.82) is 0 Å². The zero-order chi connectivity index (χ0) is 18.6. The Kier molecular flexibility index (Phi) is 7.91. The Balaban J connectivity index is 0.00000261. The number of anilines is 1. The Hall–Kier alpha value is -1.35. The second-order valence-electron chi connectivity index (χ2n) is 6.84. The van der Waals surface area contributed by atoms with Gasteiger partial charge < -0.3 is 15.4 Å². The van der Waals surface area contributed by atoms with Crippen LogP contribution in [0.25, 0.3) is 0 Å². The number of ether oxygens (including phenoxy) is 1. The summed E-state index contributed by atoms with van der Waals surface area (Å²) in [6, 6.07) is 4.81. The molecule has 2 aliphatic rings. The molecule has 1 amide bonds. The van der Waals surface area contributed by atoms with Gasteiger partial charge in [-0.05, 0) is 57.0 Å². The van der Waals surface area contributed by atoms with Gasteiger partial charge in [-0.3, -0.25) is 4.79 Å². The molecular weight excluding hydrogens is 390 g/mol. The Bertz CT molecular complexity index is 745. The molecule has 0 aliphatic carbocycles. The van der Waals surface area contributed by atoms with Crippen molar-refractivity contribution in [2.45, 2.75) is 37.0 Å². The van der Waals surface area contributed by atoms with E-state index in [1.807, 2.05) is 0 Å². The van der Waals surface area contributed by atoms with Gasteiger partial charge in [-0.1, -0.05) is 6.42 Å². The van der Waals surface area contributed by atoms with E-state index in [4.69, 9.17) is 4.74 Å². The van der Waals surface area contributed by atoms with Crippen LogP contribution in [0.5, 0.6) is 5.75 Å². The number of benzene rings is 1. The van der Waals surface area contributed by atoms with Crippen LogP contribution >= 0.6 is 12.4 Å².